The predicted molar refractivity (Wildman–Crippen MR) is 193 cm³/mol. The van der Waals surface area contributed by atoms with Gasteiger partial charge >= 0.3 is 0 Å². The maximum atomic E-state index is 5.82. The van der Waals surface area contributed by atoms with Crippen LogP contribution in [-0.2, 0) is 6.42 Å². The van der Waals surface area contributed by atoms with Gasteiger partial charge in [0.05, 0.1) is 26.3 Å². The number of nitrogens with zero attached hydrogens (tertiary/aromatic N) is 2. The Balaban J connectivity index is 0.000000136. The van der Waals surface area contributed by atoms with Crippen molar-refractivity contribution in [3.63, 3.8) is 0 Å². The van der Waals surface area contributed by atoms with Crippen LogP contribution in [0.3, 0.4) is 0 Å². The number of aromatic nitrogens is 3. The van der Waals surface area contributed by atoms with Gasteiger partial charge in [-0.3, -0.25) is 0 Å². The molecule has 5 nitrogen and oxygen atoms in total. The molecule has 0 amide bonds. The molecule has 1 atom stereocenters. The number of benzene rings is 4. The van der Waals surface area contributed by atoms with Crippen molar-refractivity contribution < 1.29 is 9.15 Å². The quantitative estimate of drug-likeness (QED) is 0.171. The van der Waals surface area contributed by atoms with E-state index in [0.29, 0.717) is 6.10 Å². The third-order valence-corrected chi connectivity index (χ3v) is 8.37. The fraction of sp³-hybridized carbons (Fsp3) is 0.200. The molecule has 234 valence electrons. The average molecular weight is 702 g/mol. The molecule has 45 heavy (non-hydrogen) atoms. The van der Waals surface area contributed by atoms with Gasteiger partial charge in [-0.2, -0.15) is 0 Å². The summed E-state index contributed by atoms with van der Waals surface area (Å²) in [6.07, 6.45) is 1.29. The van der Waals surface area contributed by atoms with E-state index in [0.717, 1.165) is 76.4 Å². The van der Waals surface area contributed by atoms with Crippen LogP contribution in [-0.4, -0.2) is 21.1 Å². The Labute approximate surface area is 287 Å². The molecular weight excluding hydrogens is 668 g/mol. The minimum absolute atomic E-state index is 0. The van der Waals surface area contributed by atoms with Gasteiger partial charge < -0.3 is 14.1 Å². The molecule has 0 spiro atoms. The highest BCUT2D eigenvalue weighted by Crippen LogP contribution is 2.30. The maximum absolute atomic E-state index is 5.82. The van der Waals surface area contributed by atoms with Crippen molar-refractivity contribution in [1.29, 1.82) is 0 Å². The third kappa shape index (κ3) is 9.38. The van der Waals surface area contributed by atoms with Crippen LogP contribution in [0.4, 0.5) is 0 Å². The van der Waals surface area contributed by atoms with Gasteiger partial charge in [0.2, 0.25) is 0 Å². The Kier molecular flexibility index (Phi) is 11.8. The second kappa shape index (κ2) is 15.4. The summed E-state index contributed by atoms with van der Waals surface area (Å²) in [6.45, 7) is 7.91. The van der Waals surface area contributed by atoms with Crippen LogP contribution in [0.15, 0.2) is 83.3 Å². The summed E-state index contributed by atoms with van der Waals surface area (Å²) in [5.41, 5.74) is 5.08. The molecule has 8 rings (SSSR count). The Morgan fingerprint density at radius 1 is 0.756 bits per heavy atom. The van der Waals surface area contributed by atoms with Crippen molar-refractivity contribution >= 4 is 90.0 Å². The topological polar surface area (TPSA) is 63.9 Å². The van der Waals surface area contributed by atoms with E-state index in [-0.39, 0.29) is 7.43 Å². The van der Waals surface area contributed by atoms with Gasteiger partial charge in [0.25, 0.3) is 0 Å². The lowest BCUT2D eigenvalue weighted by Gasteiger charge is -2.00. The zero-order valence-corrected chi connectivity index (χ0v) is 28.3. The predicted octanol–water partition coefficient (Wildman–Crippen LogP) is 12.5. The van der Waals surface area contributed by atoms with E-state index < -0.39 is 0 Å². The van der Waals surface area contributed by atoms with Crippen molar-refractivity contribution in [2.75, 3.05) is 0 Å². The number of hydrogen-bond donors (Lipinski definition) is 1. The van der Waals surface area contributed by atoms with Crippen molar-refractivity contribution in [3.05, 3.63) is 121 Å². The Morgan fingerprint density at radius 3 is 2.22 bits per heavy atom. The fourth-order valence-corrected chi connectivity index (χ4v) is 6.18. The van der Waals surface area contributed by atoms with Crippen LogP contribution < -0.4 is 4.74 Å². The van der Waals surface area contributed by atoms with Crippen LogP contribution >= 0.6 is 57.7 Å². The molecule has 3 aromatic heterocycles. The first-order valence-electron chi connectivity index (χ1n) is 13.8. The van der Waals surface area contributed by atoms with Crippen molar-refractivity contribution in [2.45, 2.75) is 47.6 Å². The number of H-pyrrole nitrogens is 1. The molecule has 0 radical (unpaired) electrons. The standard InChI is InChI=1S/C9H9ClO.C9H7ClO.C8H7ClN2.C8H6ClNS.CH4/c2*1-6-4-7-5-8(10)2-3-9(7)11-6;1-5-10-7-3-2-6(9)4-8(7)11-5;1-5-10-7-4-6(9)2-3-8(7)11-5;/h2-3,5-6H,4H2,1H3;2-5H,1H3;2-4H,1H3,(H,10,11);2-4H,1H3;1H4. The van der Waals surface area contributed by atoms with Gasteiger partial charge in [0, 0.05) is 31.9 Å². The number of thiazole rings is 1. The molecule has 1 aliphatic heterocycles. The highest BCUT2D eigenvalue weighted by Gasteiger charge is 2.18. The second-order valence-corrected chi connectivity index (χ2v) is 13.2. The molecule has 0 saturated heterocycles. The normalized spacial score (nSPS) is 13.0. The molecule has 10 heteroatoms. The molecular formula is C35H33Cl4N3O2S. The molecule has 1 aliphatic rings. The number of hydrogen-bond acceptors (Lipinski definition) is 5. The maximum Gasteiger partial charge on any atom is 0.134 e. The van der Waals surface area contributed by atoms with E-state index in [9.17, 15) is 0 Å². The molecule has 0 saturated carbocycles. The number of furan rings is 1. The minimum Gasteiger partial charge on any atom is -0.490 e. The number of imidazole rings is 1. The van der Waals surface area contributed by atoms with Gasteiger partial charge in [0.1, 0.15) is 29.0 Å². The first-order chi connectivity index (χ1) is 21.0. The molecule has 0 fully saturated rings. The zero-order chi connectivity index (χ0) is 31.4. The van der Waals surface area contributed by atoms with E-state index in [2.05, 4.69) is 21.9 Å². The lowest BCUT2D eigenvalue weighted by molar-refractivity contribution is 0.254. The van der Waals surface area contributed by atoms with Gasteiger partial charge in [-0.25, -0.2) is 9.97 Å². The Hall–Kier alpha value is -3.26. The number of aromatic amines is 1. The van der Waals surface area contributed by atoms with E-state index >= 15 is 0 Å². The lowest BCUT2D eigenvalue weighted by atomic mass is 10.1. The number of fused-ring (bicyclic) bond motifs is 4. The Morgan fingerprint density at radius 2 is 1.42 bits per heavy atom. The van der Waals surface area contributed by atoms with Gasteiger partial charge in [-0.05, 0) is 112 Å². The van der Waals surface area contributed by atoms with Crippen molar-refractivity contribution in [3.8, 4) is 5.75 Å². The molecule has 0 aliphatic carbocycles. The van der Waals surface area contributed by atoms with E-state index in [1.807, 2.05) is 99.6 Å². The number of ether oxygens (including phenoxy) is 1. The summed E-state index contributed by atoms with van der Waals surface area (Å²) in [6, 6.07) is 24.7. The molecule has 4 aromatic carbocycles. The molecule has 1 unspecified atom stereocenters. The summed E-state index contributed by atoms with van der Waals surface area (Å²) in [5, 5.41) is 5.18. The minimum atomic E-state index is 0. The number of aryl methyl sites for hydroxylation is 3. The van der Waals surface area contributed by atoms with Gasteiger partial charge in [0.15, 0.2) is 0 Å². The van der Waals surface area contributed by atoms with Gasteiger partial charge in [-0.15, -0.1) is 11.3 Å². The van der Waals surface area contributed by atoms with Crippen LogP contribution in [0, 0.1) is 20.8 Å². The first-order valence-corrected chi connectivity index (χ1v) is 16.1. The van der Waals surface area contributed by atoms with Crippen LogP contribution in [0.1, 0.15) is 36.5 Å². The molecule has 1 N–H and O–H groups in total. The monoisotopic (exact) mass is 699 g/mol. The summed E-state index contributed by atoms with van der Waals surface area (Å²) in [5.74, 6) is 2.83. The van der Waals surface area contributed by atoms with Crippen molar-refractivity contribution in [1.82, 2.24) is 15.0 Å². The zero-order valence-electron chi connectivity index (χ0n) is 24.4. The van der Waals surface area contributed by atoms with Crippen LogP contribution in [0.5, 0.6) is 5.75 Å². The SMILES string of the molecule is C.CC1Cc2cc(Cl)ccc2O1.Cc1cc2cc(Cl)ccc2o1.Cc1nc2cc(Cl)ccc2s1.Cc1nc2ccc(Cl)cc2[nH]1. The van der Waals surface area contributed by atoms with Crippen molar-refractivity contribution in [2.24, 2.45) is 0 Å². The van der Waals surface area contributed by atoms with Crippen LogP contribution in [0.2, 0.25) is 20.1 Å². The number of halogens is 4. The molecule has 4 heterocycles. The fourth-order valence-electron chi connectivity index (χ4n) is 4.66. The average Bonchev–Trinajstić information content (AvgIpc) is 3.71. The summed E-state index contributed by atoms with van der Waals surface area (Å²) >= 11 is 24.9. The summed E-state index contributed by atoms with van der Waals surface area (Å²) in [7, 11) is 0. The largest absolute Gasteiger partial charge is 0.490 e. The van der Waals surface area contributed by atoms with Gasteiger partial charge in [-0.1, -0.05) is 53.8 Å². The van der Waals surface area contributed by atoms with E-state index in [1.54, 1.807) is 11.3 Å². The van der Waals surface area contributed by atoms with E-state index in [4.69, 9.17) is 55.6 Å². The smallest absolute Gasteiger partial charge is 0.134 e. The Bertz CT molecular complexity index is 1860. The number of rotatable bonds is 0. The number of nitrogens with one attached hydrogen (secondary N) is 1. The van der Waals surface area contributed by atoms with E-state index in [1.165, 1.54) is 10.3 Å². The highest BCUT2D eigenvalue weighted by atomic mass is 35.5. The third-order valence-electron chi connectivity index (χ3n) is 6.48. The highest BCUT2D eigenvalue weighted by molar-refractivity contribution is 7.18. The molecule has 0 bridgehead atoms. The summed E-state index contributed by atoms with van der Waals surface area (Å²) in [4.78, 5) is 11.7. The first kappa shape index (κ1) is 34.6. The second-order valence-electron chi connectivity index (χ2n) is 10.3. The summed E-state index contributed by atoms with van der Waals surface area (Å²) < 4.78 is 12.1. The van der Waals surface area contributed by atoms with Crippen LogP contribution in [0.25, 0.3) is 32.2 Å². The lowest BCUT2D eigenvalue weighted by Crippen LogP contribution is -2.05. The molecule has 7 aromatic rings.